The molecule has 0 spiro atoms. The highest BCUT2D eigenvalue weighted by Gasteiger charge is 2.33. The van der Waals surface area contributed by atoms with Crippen LogP contribution in [0.2, 0.25) is 0 Å². The molecule has 9 N–H and O–H groups in total. The fourth-order valence-electron chi connectivity index (χ4n) is 4.04. The molecule has 0 aliphatic carbocycles. The molecule has 2 aromatic rings. The number of carbonyl (C=O) groups excluding carboxylic acids is 4. The Labute approximate surface area is 254 Å². The third-order valence-electron chi connectivity index (χ3n) is 6.39. The SMILES string of the molecule is CC(N)C(=O)NC(CC(=O)N(CCN)CCN)C(=O)NC(Cc1ccc(C(F)(F)F)cc1)C(=O)Nc1cccc(C(F)(F)F)c1. The Morgan fingerprint density at radius 2 is 1.33 bits per heavy atom. The zero-order valence-corrected chi connectivity index (χ0v) is 24.2. The lowest BCUT2D eigenvalue weighted by Gasteiger charge is -2.26. The van der Waals surface area contributed by atoms with Crippen LogP contribution in [-0.2, 0) is 38.0 Å². The summed E-state index contributed by atoms with van der Waals surface area (Å²) < 4.78 is 78.8. The van der Waals surface area contributed by atoms with Gasteiger partial charge in [0.05, 0.1) is 23.6 Å². The van der Waals surface area contributed by atoms with Crippen molar-refractivity contribution in [1.82, 2.24) is 15.5 Å². The second kappa shape index (κ2) is 16.2. The maximum absolute atomic E-state index is 13.4. The van der Waals surface area contributed by atoms with Gasteiger partial charge < -0.3 is 38.1 Å². The van der Waals surface area contributed by atoms with Crippen molar-refractivity contribution in [1.29, 1.82) is 0 Å². The van der Waals surface area contributed by atoms with Crippen LogP contribution in [0, 0.1) is 0 Å². The average molecular weight is 648 g/mol. The lowest BCUT2D eigenvalue weighted by atomic mass is 10.0. The summed E-state index contributed by atoms with van der Waals surface area (Å²) >= 11 is 0. The Morgan fingerprint density at radius 3 is 1.84 bits per heavy atom. The molecule has 0 radical (unpaired) electrons. The van der Waals surface area contributed by atoms with Crippen molar-refractivity contribution >= 4 is 29.3 Å². The summed E-state index contributed by atoms with van der Waals surface area (Å²) in [5, 5.41) is 6.94. The number of alkyl halides is 6. The third kappa shape index (κ3) is 11.7. The number of carbonyl (C=O) groups is 4. The minimum absolute atomic E-state index is 0.0692. The second-order valence-electron chi connectivity index (χ2n) is 10.0. The highest BCUT2D eigenvalue weighted by atomic mass is 19.4. The number of hydrogen-bond donors (Lipinski definition) is 6. The van der Waals surface area contributed by atoms with E-state index in [0.29, 0.717) is 6.07 Å². The number of rotatable bonds is 14. The molecule has 0 bridgehead atoms. The molecule has 0 aromatic heterocycles. The Kier molecular flexibility index (Phi) is 13.3. The molecule has 17 heteroatoms. The van der Waals surface area contributed by atoms with Crippen LogP contribution >= 0.6 is 0 Å². The highest BCUT2D eigenvalue weighted by molar-refractivity contribution is 5.99. The smallest absolute Gasteiger partial charge is 0.342 e. The third-order valence-corrected chi connectivity index (χ3v) is 6.39. The van der Waals surface area contributed by atoms with Gasteiger partial charge in [0, 0.05) is 38.3 Å². The largest absolute Gasteiger partial charge is 0.416 e. The van der Waals surface area contributed by atoms with Crippen LogP contribution in [0.5, 0.6) is 0 Å². The number of hydrogen-bond acceptors (Lipinski definition) is 7. The van der Waals surface area contributed by atoms with E-state index in [2.05, 4.69) is 16.0 Å². The first-order chi connectivity index (χ1) is 21.0. The molecule has 0 saturated heterocycles. The van der Waals surface area contributed by atoms with E-state index in [1.807, 2.05) is 0 Å². The quantitative estimate of drug-likeness (QED) is 0.167. The maximum atomic E-state index is 13.4. The molecule has 0 heterocycles. The van der Waals surface area contributed by atoms with Crippen molar-refractivity contribution in [3.63, 3.8) is 0 Å². The molecule has 0 fully saturated rings. The van der Waals surface area contributed by atoms with Gasteiger partial charge in [-0.2, -0.15) is 26.3 Å². The van der Waals surface area contributed by atoms with Crippen molar-refractivity contribution < 1.29 is 45.5 Å². The summed E-state index contributed by atoms with van der Waals surface area (Å²) in [6.07, 6.45) is -10.4. The predicted octanol–water partition coefficient (Wildman–Crippen LogP) is 1.36. The molecule has 0 aliphatic rings. The minimum Gasteiger partial charge on any atom is -0.342 e. The molecule has 3 atom stereocenters. The van der Waals surface area contributed by atoms with Crippen molar-refractivity contribution in [2.24, 2.45) is 17.2 Å². The fourth-order valence-corrected chi connectivity index (χ4v) is 4.04. The van der Waals surface area contributed by atoms with Crippen molar-refractivity contribution in [3.8, 4) is 0 Å². The maximum Gasteiger partial charge on any atom is 0.416 e. The summed E-state index contributed by atoms with van der Waals surface area (Å²) in [6.45, 7) is 1.62. The second-order valence-corrected chi connectivity index (χ2v) is 10.0. The zero-order valence-electron chi connectivity index (χ0n) is 24.2. The minimum atomic E-state index is -4.73. The van der Waals surface area contributed by atoms with Crippen LogP contribution in [0.25, 0.3) is 0 Å². The van der Waals surface area contributed by atoms with Gasteiger partial charge in [-0.15, -0.1) is 0 Å². The van der Waals surface area contributed by atoms with Gasteiger partial charge >= 0.3 is 12.4 Å². The van der Waals surface area contributed by atoms with Gasteiger partial charge in [-0.05, 0) is 42.8 Å². The van der Waals surface area contributed by atoms with Gasteiger partial charge in [0.1, 0.15) is 12.1 Å². The average Bonchev–Trinajstić information content (AvgIpc) is 2.95. The van der Waals surface area contributed by atoms with Gasteiger partial charge in [0.15, 0.2) is 0 Å². The Balaban J connectivity index is 2.41. The lowest BCUT2D eigenvalue weighted by Crippen LogP contribution is -2.56. The number of amides is 4. The standard InChI is InChI=1S/C28H35F6N7O4/c1-16(37)24(43)39-22(15-23(42)41(11-9-35)12-10-36)26(45)40-21(13-17-5-7-18(8-6-17)27(29,30)31)25(44)38-20-4-2-3-19(14-20)28(32,33)34/h2-8,14,16,21-22H,9-13,15,35-37H2,1H3,(H,38,44)(H,39,43)(H,40,45). The number of nitrogens with one attached hydrogen (secondary N) is 3. The molecule has 3 unspecified atom stereocenters. The van der Waals surface area contributed by atoms with Gasteiger partial charge in [0.2, 0.25) is 23.6 Å². The van der Waals surface area contributed by atoms with E-state index in [1.54, 1.807) is 0 Å². The van der Waals surface area contributed by atoms with Crippen molar-refractivity contribution in [2.75, 3.05) is 31.5 Å². The summed E-state index contributed by atoms with van der Waals surface area (Å²) in [6, 6.07) is 3.02. The first kappa shape index (κ1) is 37.0. The van der Waals surface area contributed by atoms with Crippen molar-refractivity contribution in [3.05, 3.63) is 65.2 Å². The monoisotopic (exact) mass is 647 g/mol. The first-order valence-electron chi connectivity index (χ1n) is 13.6. The van der Waals surface area contributed by atoms with E-state index in [-0.39, 0.29) is 37.4 Å². The molecule has 2 rings (SSSR count). The summed E-state index contributed by atoms with van der Waals surface area (Å²) in [4.78, 5) is 53.3. The van der Waals surface area contributed by atoms with E-state index >= 15 is 0 Å². The van der Waals surface area contributed by atoms with Crippen LogP contribution in [0.1, 0.15) is 30.0 Å². The van der Waals surface area contributed by atoms with Gasteiger partial charge in [-0.25, -0.2) is 0 Å². The Hall–Kier alpha value is -4.22. The predicted molar refractivity (Wildman–Crippen MR) is 152 cm³/mol. The molecular formula is C28H35F6N7O4. The van der Waals surface area contributed by atoms with E-state index < -0.39 is 78.1 Å². The molecule has 248 valence electrons. The lowest BCUT2D eigenvalue weighted by molar-refractivity contribution is -0.138. The number of benzene rings is 2. The first-order valence-corrected chi connectivity index (χ1v) is 13.6. The molecule has 4 amide bonds. The number of halogens is 6. The summed E-state index contributed by atoms with van der Waals surface area (Å²) in [7, 11) is 0. The summed E-state index contributed by atoms with van der Waals surface area (Å²) in [5.74, 6) is -3.52. The molecule has 45 heavy (non-hydrogen) atoms. The normalized spacial score (nSPS) is 13.7. The molecular weight excluding hydrogens is 612 g/mol. The van der Waals surface area contributed by atoms with E-state index in [9.17, 15) is 45.5 Å². The number of anilines is 1. The Morgan fingerprint density at radius 1 is 0.778 bits per heavy atom. The van der Waals surface area contributed by atoms with E-state index in [4.69, 9.17) is 17.2 Å². The van der Waals surface area contributed by atoms with Crippen molar-refractivity contribution in [2.45, 2.75) is 50.2 Å². The van der Waals surface area contributed by atoms with E-state index in [0.717, 1.165) is 42.5 Å². The van der Waals surface area contributed by atoms with Crippen LogP contribution in [0.3, 0.4) is 0 Å². The molecule has 2 aromatic carbocycles. The van der Waals surface area contributed by atoms with Gasteiger partial charge in [-0.1, -0.05) is 18.2 Å². The number of nitrogens with two attached hydrogens (primary N) is 3. The van der Waals surface area contributed by atoms with Crippen LogP contribution in [-0.4, -0.2) is 72.8 Å². The van der Waals surface area contributed by atoms with Gasteiger partial charge in [0.25, 0.3) is 0 Å². The van der Waals surface area contributed by atoms with Crippen LogP contribution < -0.4 is 33.2 Å². The van der Waals surface area contributed by atoms with Gasteiger partial charge in [-0.3, -0.25) is 19.2 Å². The highest BCUT2D eigenvalue weighted by Crippen LogP contribution is 2.31. The molecule has 0 saturated carbocycles. The molecule has 0 aliphatic heterocycles. The fraction of sp³-hybridized carbons (Fsp3) is 0.429. The molecule has 11 nitrogen and oxygen atoms in total. The van der Waals surface area contributed by atoms with E-state index in [1.165, 1.54) is 11.8 Å². The number of nitrogens with zero attached hydrogens (tertiary/aromatic N) is 1. The summed E-state index contributed by atoms with van der Waals surface area (Å²) in [5.41, 5.74) is 14.5. The van der Waals surface area contributed by atoms with Crippen LogP contribution in [0.15, 0.2) is 48.5 Å². The Bertz CT molecular complexity index is 1310. The topological polar surface area (TPSA) is 186 Å². The zero-order chi connectivity index (χ0) is 33.9. The van der Waals surface area contributed by atoms with Crippen LogP contribution in [0.4, 0.5) is 32.0 Å².